The fourth-order valence-corrected chi connectivity index (χ4v) is 4.72. The molecular formula is C21H23ClF3N3O3. The lowest BCUT2D eigenvalue weighted by molar-refractivity contribution is -0.200. The number of fused-ring (bicyclic) bond motifs is 1. The molecule has 3 heterocycles. The van der Waals surface area contributed by atoms with Crippen molar-refractivity contribution in [2.75, 3.05) is 19.6 Å². The molecule has 0 radical (unpaired) electrons. The lowest BCUT2D eigenvalue weighted by Gasteiger charge is -2.44. The molecular weight excluding hydrogens is 435 g/mol. The van der Waals surface area contributed by atoms with Crippen LogP contribution in [0.25, 0.3) is 10.9 Å². The van der Waals surface area contributed by atoms with E-state index in [9.17, 15) is 22.8 Å². The molecule has 2 aromatic rings. The molecule has 1 N–H and O–H groups in total. The molecule has 2 saturated heterocycles. The third-order valence-electron chi connectivity index (χ3n) is 6.35. The van der Waals surface area contributed by atoms with Crippen molar-refractivity contribution in [3.8, 4) is 0 Å². The van der Waals surface area contributed by atoms with Gasteiger partial charge in [-0.05, 0) is 56.9 Å². The number of amides is 2. The molecule has 6 nitrogen and oxygen atoms in total. The van der Waals surface area contributed by atoms with E-state index in [2.05, 4.69) is 9.72 Å². The van der Waals surface area contributed by atoms with Crippen LogP contribution in [-0.2, 0) is 4.74 Å². The Morgan fingerprint density at radius 3 is 2.55 bits per heavy atom. The van der Waals surface area contributed by atoms with Gasteiger partial charge in [0.2, 0.25) is 0 Å². The van der Waals surface area contributed by atoms with Crippen LogP contribution in [0, 0.1) is 0 Å². The Kier molecular flexibility index (Phi) is 5.57. The number of piperidine rings is 1. The van der Waals surface area contributed by atoms with Crippen LogP contribution >= 0.6 is 11.6 Å². The Hall–Kier alpha value is -2.42. The van der Waals surface area contributed by atoms with Crippen LogP contribution in [0.15, 0.2) is 24.3 Å². The second-order valence-electron chi connectivity index (χ2n) is 8.25. The molecule has 1 spiro atoms. The molecule has 2 amide bonds. The number of benzene rings is 1. The predicted octanol–water partition coefficient (Wildman–Crippen LogP) is 4.98. The molecule has 1 aromatic heterocycles. The minimum absolute atomic E-state index is 0.119. The van der Waals surface area contributed by atoms with Crippen molar-refractivity contribution in [2.45, 2.75) is 50.4 Å². The number of ether oxygens (including phenoxy) is 1. The number of alkyl halides is 3. The Morgan fingerprint density at radius 2 is 1.87 bits per heavy atom. The lowest BCUT2D eigenvalue weighted by Crippen LogP contribution is -2.55. The van der Waals surface area contributed by atoms with E-state index in [1.165, 1.54) is 4.90 Å². The van der Waals surface area contributed by atoms with Crippen LogP contribution < -0.4 is 0 Å². The van der Waals surface area contributed by atoms with Crippen LogP contribution in [0.4, 0.5) is 18.0 Å². The number of carbonyl (C=O) groups is 2. The first-order chi connectivity index (χ1) is 14.6. The largest absolute Gasteiger partial charge is 0.437 e. The normalized spacial score (nSPS) is 19.8. The number of hydrogen-bond acceptors (Lipinski definition) is 3. The SMILES string of the molecule is CC(OC(=O)N1CCC2(CCCN2C(=O)c2cc3cc(Cl)ccc3[nH]2)CC1)C(F)(F)F. The number of nitrogens with one attached hydrogen (secondary N) is 1. The number of H-pyrrole nitrogens is 1. The minimum atomic E-state index is -4.59. The highest BCUT2D eigenvalue weighted by Crippen LogP contribution is 2.40. The van der Waals surface area contributed by atoms with E-state index in [-0.39, 0.29) is 19.0 Å². The number of nitrogens with zero attached hydrogens (tertiary/aromatic N) is 2. The van der Waals surface area contributed by atoms with Crippen molar-refractivity contribution >= 4 is 34.5 Å². The summed E-state index contributed by atoms with van der Waals surface area (Å²) in [5, 5.41) is 1.43. The van der Waals surface area contributed by atoms with Gasteiger partial charge in [-0.2, -0.15) is 13.2 Å². The molecule has 0 bridgehead atoms. The van der Waals surface area contributed by atoms with E-state index in [4.69, 9.17) is 11.6 Å². The molecule has 1 atom stereocenters. The first-order valence-electron chi connectivity index (χ1n) is 10.2. The first-order valence-corrected chi connectivity index (χ1v) is 10.6. The maximum absolute atomic E-state index is 13.3. The number of likely N-dealkylation sites (tertiary alicyclic amines) is 2. The van der Waals surface area contributed by atoms with E-state index in [1.54, 1.807) is 18.2 Å². The fraction of sp³-hybridized carbons (Fsp3) is 0.524. The van der Waals surface area contributed by atoms with Crippen LogP contribution in [0.3, 0.4) is 0 Å². The van der Waals surface area contributed by atoms with E-state index >= 15 is 0 Å². The number of aromatic amines is 1. The Balaban J connectivity index is 1.44. The number of rotatable bonds is 2. The molecule has 4 rings (SSSR count). The molecule has 2 aliphatic heterocycles. The second kappa shape index (κ2) is 7.93. The number of halogens is 4. The highest BCUT2D eigenvalue weighted by Gasteiger charge is 2.47. The standard InChI is InChI=1S/C21H23ClF3N3O3/c1-13(21(23,24)25)31-19(30)27-9-6-20(7-10-27)5-2-8-28(20)18(29)17-12-14-11-15(22)3-4-16(14)26-17/h3-4,11-13,26H,2,5-10H2,1H3. The van der Waals surface area contributed by atoms with E-state index in [0.717, 1.165) is 30.7 Å². The number of hydrogen-bond donors (Lipinski definition) is 1. The van der Waals surface area contributed by atoms with Crippen LogP contribution in [0.1, 0.15) is 43.1 Å². The molecule has 10 heteroatoms. The molecule has 1 unspecified atom stereocenters. The average Bonchev–Trinajstić information content (AvgIpc) is 3.31. The zero-order valence-corrected chi connectivity index (χ0v) is 17.7. The van der Waals surface area contributed by atoms with Gasteiger partial charge in [0, 0.05) is 41.1 Å². The van der Waals surface area contributed by atoms with Crippen molar-refractivity contribution in [3.05, 3.63) is 35.0 Å². The topological polar surface area (TPSA) is 65.6 Å². The van der Waals surface area contributed by atoms with Gasteiger partial charge < -0.3 is 19.5 Å². The van der Waals surface area contributed by atoms with Crippen molar-refractivity contribution < 1.29 is 27.5 Å². The quantitative estimate of drug-likeness (QED) is 0.691. The number of carbonyl (C=O) groups excluding carboxylic acids is 2. The van der Waals surface area contributed by atoms with Crippen LogP contribution in [0.5, 0.6) is 0 Å². The Morgan fingerprint density at radius 1 is 1.16 bits per heavy atom. The molecule has 31 heavy (non-hydrogen) atoms. The van der Waals surface area contributed by atoms with Gasteiger partial charge in [-0.1, -0.05) is 11.6 Å². The summed E-state index contributed by atoms with van der Waals surface area (Å²) in [5.74, 6) is -0.119. The highest BCUT2D eigenvalue weighted by atomic mass is 35.5. The number of aromatic nitrogens is 1. The predicted molar refractivity (Wildman–Crippen MR) is 109 cm³/mol. The maximum Gasteiger partial charge on any atom is 0.425 e. The van der Waals surface area contributed by atoms with Gasteiger partial charge in [0.05, 0.1) is 0 Å². The monoisotopic (exact) mass is 457 g/mol. The average molecular weight is 458 g/mol. The molecule has 168 valence electrons. The van der Waals surface area contributed by atoms with Crippen molar-refractivity contribution in [1.82, 2.24) is 14.8 Å². The molecule has 0 aliphatic carbocycles. The van der Waals surface area contributed by atoms with Crippen molar-refractivity contribution in [1.29, 1.82) is 0 Å². The fourth-order valence-electron chi connectivity index (χ4n) is 4.54. The Bertz CT molecular complexity index is 999. The van der Waals surface area contributed by atoms with E-state index in [1.807, 2.05) is 11.0 Å². The van der Waals surface area contributed by atoms with Gasteiger partial charge in [-0.3, -0.25) is 4.79 Å². The third kappa shape index (κ3) is 4.20. The van der Waals surface area contributed by atoms with Gasteiger partial charge in [0.25, 0.3) is 5.91 Å². The summed E-state index contributed by atoms with van der Waals surface area (Å²) >= 11 is 6.03. The van der Waals surface area contributed by atoms with Crippen LogP contribution in [0.2, 0.25) is 5.02 Å². The van der Waals surface area contributed by atoms with Crippen molar-refractivity contribution in [3.63, 3.8) is 0 Å². The van der Waals surface area contributed by atoms with Crippen molar-refractivity contribution in [2.24, 2.45) is 0 Å². The molecule has 1 aromatic carbocycles. The van der Waals surface area contributed by atoms with Gasteiger partial charge in [-0.15, -0.1) is 0 Å². The minimum Gasteiger partial charge on any atom is -0.437 e. The summed E-state index contributed by atoms with van der Waals surface area (Å²) in [6.07, 6.45) is -5.08. The summed E-state index contributed by atoms with van der Waals surface area (Å²) in [7, 11) is 0. The van der Waals surface area contributed by atoms with Gasteiger partial charge in [0.1, 0.15) is 5.69 Å². The molecule has 2 aliphatic rings. The summed E-state index contributed by atoms with van der Waals surface area (Å²) in [6.45, 7) is 1.91. The second-order valence-corrected chi connectivity index (χ2v) is 8.69. The summed E-state index contributed by atoms with van der Waals surface area (Å²) in [6, 6.07) is 7.14. The van der Waals surface area contributed by atoms with E-state index in [0.29, 0.717) is 30.1 Å². The van der Waals surface area contributed by atoms with Gasteiger partial charge in [0.15, 0.2) is 6.10 Å². The molecule has 0 saturated carbocycles. The lowest BCUT2D eigenvalue weighted by atomic mass is 9.85. The molecule has 2 fully saturated rings. The zero-order chi connectivity index (χ0) is 22.4. The summed E-state index contributed by atoms with van der Waals surface area (Å²) in [4.78, 5) is 31.7. The van der Waals surface area contributed by atoms with E-state index < -0.39 is 23.9 Å². The highest BCUT2D eigenvalue weighted by molar-refractivity contribution is 6.31. The third-order valence-corrected chi connectivity index (χ3v) is 6.58. The maximum atomic E-state index is 13.3. The smallest absolute Gasteiger partial charge is 0.425 e. The van der Waals surface area contributed by atoms with Gasteiger partial charge >= 0.3 is 12.3 Å². The zero-order valence-electron chi connectivity index (χ0n) is 17.0. The van der Waals surface area contributed by atoms with Gasteiger partial charge in [-0.25, -0.2) is 4.79 Å². The summed E-state index contributed by atoms with van der Waals surface area (Å²) < 4.78 is 42.6. The van der Waals surface area contributed by atoms with Crippen LogP contribution in [-0.4, -0.2) is 64.2 Å². The summed E-state index contributed by atoms with van der Waals surface area (Å²) in [5.41, 5.74) is 0.884. The Labute approximate surface area is 182 Å². The first kappa shape index (κ1) is 21.8.